The highest BCUT2D eigenvalue weighted by atomic mass is 19.1. The lowest BCUT2D eigenvalue weighted by atomic mass is 10.2. The van der Waals surface area contributed by atoms with Gasteiger partial charge in [-0.2, -0.15) is 0 Å². The third-order valence-electron chi connectivity index (χ3n) is 4.61. The van der Waals surface area contributed by atoms with Crippen molar-refractivity contribution in [3.8, 4) is 0 Å². The van der Waals surface area contributed by atoms with Gasteiger partial charge in [0.2, 0.25) is 0 Å². The Morgan fingerprint density at radius 2 is 1.83 bits per heavy atom. The molecule has 7 nitrogen and oxygen atoms in total. The van der Waals surface area contributed by atoms with Gasteiger partial charge in [0, 0.05) is 31.5 Å². The number of ether oxygens (including phenoxy) is 1. The molecular weight excluding hydrogens is 392 g/mol. The van der Waals surface area contributed by atoms with Crippen LogP contribution in [0.5, 0.6) is 0 Å². The molecule has 0 spiro atoms. The van der Waals surface area contributed by atoms with Gasteiger partial charge in [0.25, 0.3) is 5.91 Å². The molecule has 3 heterocycles. The molecule has 2 N–H and O–H groups in total. The smallest absolute Gasteiger partial charge is 0.257 e. The van der Waals surface area contributed by atoms with Crippen LogP contribution in [0.25, 0.3) is 0 Å². The molecular formula is C21H19F2N5O2. The Morgan fingerprint density at radius 3 is 2.57 bits per heavy atom. The highest BCUT2D eigenvalue weighted by molar-refractivity contribution is 6.05. The minimum atomic E-state index is -0.751. The van der Waals surface area contributed by atoms with E-state index >= 15 is 0 Å². The summed E-state index contributed by atoms with van der Waals surface area (Å²) in [4.78, 5) is 23.1. The van der Waals surface area contributed by atoms with E-state index in [0.29, 0.717) is 30.2 Å². The number of amides is 1. The molecule has 9 heteroatoms. The summed E-state index contributed by atoms with van der Waals surface area (Å²) in [5.41, 5.74) is 1.21. The molecule has 0 saturated carbocycles. The molecule has 30 heavy (non-hydrogen) atoms. The maximum atomic E-state index is 14.0. The summed E-state index contributed by atoms with van der Waals surface area (Å²) in [5, 5.41) is 5.59. The summed E-state index contributed by atoms with van der Waals surface area (Å²) < 4.78 is 32.4. The van der Waals surface area contributed by atoms with Gasteiger partial charge in [-0.25, -0.2) is 13.8 Å². The summed E-state index contributed by atoms with van der Waals surface area (Å²) >= 11 is 0. The van der Waals surface area contributed by atoms with E-state index in [-0.39, 0.29) is 11.6 Å². The molecule has 2 aromatic heterocycles. The highest BCUT2D eigenvalue weighted by Crippen LogP contribution is 2.27. The van der Waals surface area contributed by atoms with E-state index in [1.165, 1.54) is 24.7 Å². The fourth-order valence-corrected chi connectivity index (χ4v) is 3.03. The molecule has 154 valence electrons. The lowest BCUT2D eigenvalue weighted by Gasteiger charge is -2.27. The summed E-state index contributed by atoms with van der Waals surface area (Å²) in [7, 11) is 0. The minimum absolute atomic E-state index is 0.0661. The van der Waals surface area contributed by atoms with Crippen molar-refractivity contribution >= 4 is 28.8 Å². The van der Waals surface area contributed by atoms with Crippen LogP contribution in [0.2, 0.25) is 0 Å². The molecule has 1 aromatic carbocycles. The van der Waals surface area contributed by atoms with Crippen LogP contribution in [0, 0.1) is 11.6 Å². The van der Waals surface area contributed by atoms with Gasteiger partial charge in [-0.15, -0.1) is 0 Å². The summed E-state index contributed by atoms with van der Waals surface area (Å²) in [6.07, 6.45) is 4.45. The molecule has 1 aliphatic rings. The van der Waals surface area contributed by atoms with Crippen molar-refractivity contribution in [2.45, 2.75) is 0 Å². The Balaban J connectivity index is 1.48. The molecule has 0 bridgehead atoms. The Labute approximate surface area is 171 Å². The monoisotopic (exact) mass is 411 g/mol. The van der Waals surface area contributed by atoms with Crippen molar-refractivity contribution in [2.75, 3.05) is 41.8 Å². The number of carbonyl (C=O) groups is 1. The van der Waals surface area contributed by atoms with Crippen molar-refractivity contribution in [2.24, 2.45) is 0 Å². The molecule has 1 aliphatic heterocycles. The van der Waals surface area contributed by atoms with Crippen molar-refractivity contribution in [1.82, 2.24) is 9.97 Å². The summed E-state index contributed by atoms with van der Waals surface area (Å²) in [5.74, 6) is -1.01. The third kappa shape index (κ3) is 4.52. The van der Waals surface area contributed by atoms with Crippen LogP contribution < -0.4 is 15.5 Å². The minimum Gasteiger partial charge on any atom is -0.378 e. The second-order valence-corrected chi connectivity index (χ2v) is 6.63. The average Bonchev–Trinajstić information content (AvgIpc) is 2.77. The summed E-state index contributed by atoms with van der Waals surface area (Å²) in [6, 6.07) is 8.26. The number of halogens is 2. The lowest BCUT2D eigenvalue weighted by Crippen LogP contribution is -2.36. The number of rotatable bonds is 5. The van der Waals surface area contributed by atoms with Gasteiger partial charge in [0.1, 0.15) is 17.5 Å². The number of nitrogens with one attached hydrogen (secondary N) is 2. The van der Waals surface area contributed by atoms with Crippen LogP contribution >= 0.6 is 0 Å². The van der Waals surface area contributed by atoms with Gasteiger partial charge < -0.3 is 20.3 Å². The molecule has 1 fully saturated rings. The predicted octanol–water partition coefficient (Wildman–Crippen LogP) is 3.59. The number of nitrogens with zero attached hydrogens (tertiary/aromatic N) is 3. The molecule has 1 amide bonds. The zero-order valence-electron chi connectivity index (χ0n) is 15.9. The fourth-order valence-electron chi connectivity index (χ4n) is 3.03. The normalized spacial score (nSPS) is 13.7. The van der Waals surface area contributed by atoms with Crippen molar-refractivity contribution in [1.29, 1.82) is 0 Å². The van der Waals surface area contributed by atoms with Gasteiger partial charge in [0.15, 0.2) is 0 Å². The van der Waals surface area contributed by atoms with E-state index in [2.05, 4.69) is 25.5 Å². The van der Waals surface area contributed by atoms with Crippen molar-refractivity contribution in [3.63, 3.8) is 0 Å². The third-order valence-corrected chi connectivity index (χ3v) is 4.61. The molecule has 3 aromatic rings. The first-order chi connectivity index (χ1) is 14.6. The number of hydrogen-bond acceptors (Lipinski definition) is 6. The van der Waals surface area contributed by atoms with Crippen LogP contribution in [-0.4, -0.2) is 42.2 Å². The molecule has 0 atom stereocenters. The van der Waals surface area contributed by atoms with Crippen molar-refractivity contribution < 1.29 is 18.3 Å². The lowest BCUT2D eigenvalue weighted by molar-refractivity contribution is 0.102. The summed E-state index contributed by atoms with van der Waals surface area (Å²) in [6.45, 7) is 2.81. The standard InChI is InChI=1S/C21H19F2N5O2/c22-15-2-3-17(16(23)11-15)26-19-13-24-6-5-18(19)27-21(29)14-1-4-20(25-12-14)28-7-9-30-10-8-28/h1-6,11-13,26H,7-10H2,(H,24,27,29). The zero-order chi connectivity index (χ0) is 20.9. The molecule has 1 saturated heterocycles. The molecule has 4 rings (SSSR count). The van der Waals surface area contributed by atoms with Crippen LogP contribution in [0.4, 0.5) is 31.7 Å². The van der Waals surface area contributed by atoms with Gasteiger partial charge >= 0.3 is 0 Å². The first kappa shape index (κ1) is 19.7. The number of benzene rings is 1. The maximum absolute atomic E-state index is 14.0. The van der Waals surface area contributed by atoms with Crippen LogP contribution in [0.15, 0.2) is 55.0 Å². The second-order valence-electron chi connectivity index (χ2n) is 6.63. The van der Waals surface area contributed by atoms with E-state index in [0.717, 1.165) is 31.0 Å². The SMILES string of the molecule is O=C(Nc1ccncc1Nc1ccc(F)cc1F)c1ccc(N2CCOCC2)nc1. The van der Waals surface area contributed by atoms with Crippen LogP contribution in [-0.2, 0) is 4.74 Å². The quantitative estimate of drug-likeness (QED) is 0.668. The Hall–Kier alpha value is -3.59. The molecule has 0 radical (unpaired) electrons. The van der Waals surface area contributed by atoms with Gasteiger partial charge in [-0.3, -0.25) is 9.78 Å². The average molecular weight is 411 g/mol. The van der Waals surface area contributed by atoms with E-state index in [4.69, 9.17) is 4.74 Å². The number of morpholine rings is 1. The first-order valence-corrected chi connectivity index (χ1v) is 9.36. The number of anilines is 4. The highest BCUT2D eigenvalue weighted by Gasteiger charge is 2.15. The fraction of sp³-hybridized carbons (Fsp3) is 0.190. The molecule has 0 unspecified atom stereocenters. The van der Waals surface area contributed by atoms with Crippen LogP contribution in [0.1, 0.15) is 10.4 Å². The van der Waals surface area contributed by atoms with E-state index in [9.17, 15) is 13.6 Å². The second kappa shape index (κ2) is 8.83. The zero-order valence-corrected chi connectivity index (χ0v) is 15.9. The largest absolute Gasteiger partial charge is 0.378 e. The van der Waals surface area contributed by atoms with E-state index in [1.807, 2.05) is 0 Å². The van der Waals surface area contributed by atoms with E-state index in [1.54, 1.807) is 18.2 Å². The van der Waals surface area contributed by atoms with E-state index < -0.39 is 11.6 Å². The number of hydrogen-bond donors (Lipinski definition) is 2. The van der Waals surface area contributed by atoms with Gasteiger partial charge in [0.05, 0.1) is 42.0 Å². The Kier molecular flexibility index (Phi) is 5.80. The predicted molar refractivity (Wildman–Crippen MR) is 109 cm³/mol. The maximum Gasteiger partial charge on any atom is 0.257 e. The number of pyridine rings is 2. The molecule has 0 aliphatic carbocycles. The van der Waals surface area contributed by atoms with Crippen LogP contribution in [0.3, 0.4) is 0 Å². The van der Waals surface area contributed by atoms with Crippen molar-refractivity contribution in [3.05, 3.63) is 72.2 Å². The first-order valence-electron chi connectivity index (χ1n) is 9.36. The van der Waals surface area contributed by atoms with Gasteiger partial charge in [-0.1, -0.05) is 0 Å². The van der Waals surface area contributed by atoms with Gasteiger partial charge in [-0.05, 0) is 30.3 Å². The number of carbonyl (C=O) groups excluding carboxylic acids is 1. The Morgan fingerprint density at radius 1 is 1.00 bits per heavy atom. The number of aromatic nitrogens is 2. The topological polar surface area (TPSA) is 79.4 Å². The Bertz CT molecular complexity index is 1040.